The zero-order valence-corrected chi connectivity index (χ0v) is 8.20. The van der Waals surface area contributed by atoms with E-state index in [1.807, 2.05) is 13.8 Å². The number of hydrazine groups is 1. The van der Waals surface area contributed by atoms with Gasteiger partial charge in [0.25, 0.3) is 5.91 Å². The van der Waals surface area contributed by atoms with Gasteiger partial charge in [0.15, 0.2) is 6.04 Å². The van der Waals surface area contributed by atoms with E-state index in [9.17, 15) is 4.79 Å². The Balaban J connectivity index is 2.57. The molecule has 1 amide bonds. The molecule has 1 aliphatic heterocycles. The lowest BCUT2D eigenvalue weighted by Crippen LogP contribution is -2.45. The Morgan fingerprint density at radius 1 is 1.79 bits per heavy atom. The normalized spacial score (nSPS) is 22.4. The highest BCUT2D eigenvalue weighted by Gasteiger charge is 2.25. The second-order valence-corrected chi connectivity index (χ2v) is 3.21. The molecule has 80 valence electrons. The average Bonchev–Trinajstić information content (AvgIpc) is 2.50. The van der Waals surface area contributed by atoms with Gasteiger partial charge in [0.1, 0.15) is 6.61 Å². The lowest BCUT2D eigenvalue weighted by molar-refractivity contribution is -0.124. The van der Waals surface area contributed by atoms with Gasteiger partial charge < -0.3 is 5.32 Å². The van der Waals surface area contributed by atoms with E-state index in [0.29, 0.717) is 5.96 Å². The molecule has 0 aromatic heterocycles. The molecule has 1 saturated heterocycles. The molecule has 7 nitrogen and oxygen atoms in total. The van der Waals surface area contributed by atoms with Gasteiger partial charge in [-0.1, -0.05) is 0 Å². The van der Waals surface area contributed by atoms with Crippen LogP contribution in [0, 0.1) is 0 Å². The van der Waals surface area contributed by atoms with Crippen molar-refractivity contribution in [2.24, 2.45) is 10.8 Å². The third-order valence-electron chi connectivity index (χ3n) is 1.56. The Morgan fingerprint density at radius 3 is 2.93 bits per heavy atom. The highest BCUT2D eigenvalue weighted by Crippen LogP contribution is 1.99. The topological polar surface area (TPSA) is 101 Å². The Kier molecular flexibility index (Phi) is 3.66. The third kappa shape index (κ3) is 2.86. The Labute approximate surface area is 82.0 Å². The van der Waals surface area contributed by atoms with E-state index in [1.165, 1.54) is 0 Å². The van der Waals surface area contributed by atoms with Gasteiger partial charge in [0.05, 0.1) is 0 Å². The molecule has 1 aliphatic rings. The molecule has 5 N–H and O–H groups in total. The van der Waals surface area contributed by atoms with Gasteiger partial charge in [-0.3, -0.25) is 15.1 Å². The predicted octanol–water partition coefficient (Wildman–Crippen LogP) is -1.77. The van der Waals surface area contributed by atoms with Crippen molar-refractivity contribution in [2.45, 2.75) is 25.9 Å². The molecule has 1 atom stereocenters. The minimum absolute atomic E-state index is 0.190. The Morgan fingerprint density at radius 2 is 2.50 bits per heavy atom. The zero-order chi connectivity index (χ0) is 10.6. The summed E-state index contributed by atoms with van der Waals surface area (Å²) in [5.41, 5.74) is 4.59. The molecule has 0 saturated carbocycles. The second kappa shape index (κ2) is 4.77. The van der Waals surface area contributed by atoms with Crippen LogP contribution in [0.15, 0.2) is 4.99 Å². The summed E-state index contributed by atoms with van der Waals surface area (Å²) in [5.74, 6) is 5.35. The van der Waals surface area contributed by atoms with E-state index in [1.54, 1.807) is 0 Å². The number of hydrogen-bond acceptors (Lipinski definition) is 4. The summed E-state index contributed by atoms with van der Waals surface area (Å²) in [7, 11) is 0. The maximum atomic E-state index is 11.1. The molecule has 1 fully saturated rings. The number of aliphatic imine (C=N–C) groups is 1. The lowest BCUT2D eigenvalue weighted by Gasteiger charge is -2.12. The van der Waals surface area contributed by atoms with Crippen molar-refractivity contribution in [3.63, 3.8) is 0 Å². The Hall–Kier alpha value is -1.34. The molecule has 0 aromatic rings. The monoisotopic (exact) mass is 201 g/mol. The summed E-state index contributed by atoms with van der Waals surface area (Å²) in [4.78, 5) is 19.8. The molecule has 1 rings (SSSR count). The van der Waals surface area contributed by atoms with Gasteiger partial charge in [0.2, 0.25) is 5.96 Å². The van der Waals surface area contributed by atoms with Crippen molar-refractivity contribution in [3.8, 4) is 0 Å². The van der Waals surface area contributed by atoms with Crippen LogP contribution in [0.2, 0.25) is 0 Å². The van der Waals surface area contributed by atoms with Gasteiger partial charge >= 0.3 is 0 Å². The number of nitrogens with zero attached hydrogens (tertiary/aromatic N) is 1. The summed E-state index contributed by atoms with van der Waals surface area (Å²) in [5, 5.41) is 2.96. The maximum Gasteiger partial charge on any atom is 0.270 e. The van der Waals surface area contributed by atoms with Gasteiger partial charge in [-0.2, -0.15) is 0 Å². The first-order valence-corrected chi connectivity index (χ1v) is 4.36. The van der Waals surface area contributed by atoms with Crippen LogP contribution in [0.3, 0.4) is 0 Å². The van der Waals surface area contributed by atoms with Gasteiger partial charge in [-0.05, 0) is 13.8 Å². The maximum absolute atomic E-state index is 11.1. The number of rotatable bonds is 2. The summed E-state index contributed by atoms with van der Waals surface area (Å²) < 4.78 is 0. The fourth-order valence-electron chi connectivity index (χ4n) is 0.977. The first kappa shape index (κ1) is 10.7. The molecule has 0 aromatic carbocycles. The van der Waals surface area contributed by atoms with Crippen molar-refractivity contribution in [1.82, 2.24) is 16.2 Å². The minimum atomic E-state index is -0.535. The summed E-state index contributed by atoms with van der Waals surface area (Å²) in [6.45, 7) is 4.11. The number of hydroxylamine groups is 1. The second-order valence-electron chi connectivity index (χ2n) is 3.21. The van der Waals surface area contributed by atoms with Crippen LogP contribution in [-0.2, 0) is 9.63 Å². The van der Waals surface area contributed by atoms with Crippen LogP contribution in [0.4, 0.5) is 0 Å². The fraction of sp³-hybridized carbons (Fsp3) is 0.714. The quantitative estimate of drug-likeness (QED) is 0.183. The van der Waals surface area contributed by atoms with Crippen LogP contribution >= 0.6 is 0 Å². The summed E-state index contributed by atoms with van der Waals surface area (Å²) in [6, 6.07) is -0.345. The standard InChI is InChI=1S/C7H15N5O2/c1-4(2)9-7(11-8)10-5-3-14-12-6(5)13/h4-5H,3,8H2,1-2H3,(H,12,13)(H2,9,10,11). The highest BCUT2D eigenvalue weighted by molar-refractivity contribution is 5.87. The van der Waals surface area contributed by atoms with Crippen LogP contribution in [0.1, 0.15) is 13.8 Å². The minimum Gasteiger partial charge on any atom is -0.353 e. The first-order valence-electron chi connectivity index (χ1n) is 4.36. The van der Waals surface area contributed by atoms with Crippen molar-refractivity contribution in [2.75, 3.05) is 6.61 Å². The molecule has 0 aliphatic carbocycles. The summed E-state index contributed by atoms with van der Waals surface area (Å²) in [6.07, 6.45) is 0. The Bertz CT molecular complexity index is 240. The molecule has 0 spiro atoms. The molecule has 7 heteroatoms. The number of hydrogen-bond donors (Lipinski definition) is 4. The lowest BCUT2D eigenvalue weighted by atomic mass is 10.3. The van der Waals surface area contributed by atoms with Crippen LogP contribution < -0.4 is 22.1 Å². The predicted molar refractivity (Wildman–Crippen MR) is 50.9 cm³/mol. The summed E-state index contributed by atoms with van der Waals surface area (Å²) >= 11 is 0. The fourth-order valence-corrected chi connectivity index (χ4v) is 0.977. The first-order chi connectivity index (χ1) is 6.63. The number of guanidine groups is 1. The van der Waals surface area contributed by atoms with Crippen LogP contribution in [0.25, 0.3) is 0 Å². The van der Waals surface area contributed by atoms with E-state index in [0.717, 1.165) is 0 Å². The number of nitrogens with two attached hydrogens (primary N) is 1. The number of amides is 1. The van der Waals surface area contributed by atoms with Gasteiger partial charge in [0, 0.05) is 6.04 Å². The molecular weight excluding hydrogens is 186 g/mol. The highest BCUT2D eigenvalue weighted by atomic mass is 16.7. The average molecular weight is 201 g/mol. The van der Waals surface area contributed by atoms with Gasteiger partial charge in [-0.15, -0.1) is 0 Å². The third-order valence-corrected chi connectivity index (χ3v) is 1.56. The van der Waals surface area contributed by atoms with Crippen molar-refractivity contribution >= 4 is 11.9 Å². The molecule has 14 heavy (non-hydrogen) atoms. The van der Waals surface area contributed by atoms with E-state index in [2.05, 4.69) is 21.2 Å². The molecule has 0 bridgehead atoms. The van der Waals surface area contributed by atoms with E-state index < -0.39 is 6.04 Å². The number of carbonyl (C=O) groups is 1. The number of carbonyl (C=O) groups excluding carboxylic acids is 1. The number of nitrogens with one attached hydrogen (secondary N) is 3. The van der Waals surface area contributed by atoms with E-state index >= 15 is 0 Å². The van der Waals surface area contributed by atoms with Crippen molar-refractivity contribution < 1.29 is 9.63 Å². The van der Waals surface area contributed by atoms with Gasteiger partial charge in [-0.25, -0.2) is 16.3 Å². The van der Waals surface area contributed by atoms with Crippen LogP contribution in [0.5, 0.6) is 0 Å². The van der Waals surface area contributed by atoms with E-state index in [-0.39, 0.29) is 18.6 Å². The van der Waals surface area contributed by atoms with E-state index in [4.69, 9.17) is 10.7 Å². The van der Waals surface area contributed by atoms with Crippen molar-refractivity contribution in [3.05, 3.63) is 0 Å². The molecule has 1 unspecified atom stereocenters. The molecule has 0 radical (unpaired) electrons. The SMILES string of the molecule is CC(C)NC(=NC1CONC1=O)NN. The molecule has 1 heterocycles. The smallest absolute Gasteiger partial charge is 0.270 e. The molecular formula is C7H15N5O2. The van der Waals surface area contributed by atoms with Crippen molar-refractivity contribution in [1.29, 1.82) is 0 Å². The largest absolute Gasteiger partial charge is 0.353 e. The zero-order valence-electron chi connectivity index (χ0n) is 8.20. The van der Waals surface area contributed by atoms with Crippen LogP contribution in [-0.4, -0.2) is 30.6 Å².